The number of carbonyl (C=O) groups is 1. The Morgan fingerprint density at radius 3 is 2.71 bits per heavy atom. The quantitative estimate of drug-likeness (QED) is 0.807. The van der Waals surface area contributed by atoms with E-state index in [1.807, 2.05) is 24.3 Å². The van der Waals surface area contributed by atoms with Crippen molar-refractivity contribution in [2.75, 3.05) is 26.2 Å². The summed E-state index contributed by atoms with van der Waals surface area (Å²) >= 11 is 0. The highest BCUT2D eigenvalue weighted by atomic mass is 16.1. The normalized spacial score (nSPS) is 18.9. The zero-order valence-electron chi connectivity index (χ0n) is 13.0. The van der Waals surface area contributed by atoms with Crippen LogP contribution in [0.25, 0.3) is 0 Å². The zero-order valence-corrected chi connectivity index (χ0v) is 13.0. The molecular weight excluding hydrogens is 262 g/mol. The van der Waals surface area contributed by atoms with E-state index in [-0.39, 0.29) is 5.91 Å². The summed E-state index contributed by atoms with van der Waals surface area (Å²) in [5.41, 5.74) is 7.11. The van der Waals surface area contributed by atoms with Gasteiger partial charge in [-0.3, -0.25) is 9.69 Å². The molecular formula is C17H27N3O. The summed E-state index contributed by atoms with van der Waals surface area (Å²) in [5.74, 6) is 0.399. The molecule has 2 rings (SSSR count). The van der Waals surface area contributed by atoms with Gasteiger partial charge in [0, 0.05) is 18.7 Å². The van der Waals surface area contributed by atoms with Crippen LogP contribution in [0.1, 0.15) is 42.1 Å². The molecule has 1 fully saturated rings. The van der Waals surface area contributed by atoms with Gasteiger partial charge in [-0.1, -0.05) is 19.1 Å². The minimum absolute atomic E-state index is 0.361. The predicted molar refractivity (Wildman–Crippen MR) is 86.1 cm³/mol. The van der Waals surface area contributed by atoms with Crippen molar-refractivity contribution < 1.29 is 4.79 Å². The monoisotopic (exact) mass is 289 g/mol. The molecule has 0 radical (unpaired) electrons. The molecule has 1 aromatic rings. The maximum absolute atomic E-state index is 11.1. The number of carbonyl (C=O) groups excluding carboxylic acids is 1. The van der Waals surface area contributed by atoms with Crippen LogP contribution in [0, 0.1) is 5.92 Å². The fourth-order valence-electron chi connectivity index (χ4n) is 3.03. The van der Waals surface area contributed by atoms with Gasteiger partial charge in [-0.05, 0) is 62.5 Å². The number of hydrogen-bond donors (Lipinski definition) is 2. The minimum Gasteiger partial charge on any atom is -0.366 e. The summed E-state index contributed by atoms with van der Waals surface area (Å²) in [6.45, 7) is 7.75. The van der Waals surface area contributed by atoms with Crippen molar-refractivity contribution in [3.8, 4) is 0 Å². The number of rotatable bonds is 7. The van der Waals surface area contributed by atoms with Crippen molar-refractivity contribution in [2.24, 2.45) is 11.7 Å². The molecule has 4 heteroatoms. The Morgan fingerprint density at radius 2 is 2.14 bits per heavy atom. The molecule has 3 N–H and O–H groups in total. The standard InChI is InChI=1S/C17H27N3O/c1-2-10-20(13-15-4-3-9-19-11-15)12-14-5-7-16(8-6-14)17(18)21/h5-8,15,19H,2-4,9-13H2,1H3,(H2,18,21). The molecule has 0 bridgehead atoms. The van der Waals surface area contributed by atoms with E-state index >= 15 is 0 Å². The van der Waals surface area contributed by atoms with Crippen LogP contribution in [-0.4, -0.2) is 37.0 Å². The Bertz CT molecular complexity index is 438. The van der Waals surface area contributed by atoms with Gasteiger partial charge in [-0.15, -0.1) is 0 Å². The van der Waals surface area contributed by atoms with Gasteiger partial charge >= 0.3 is 0 Å². The number of nitrogens with zero attached hydrogens (tertiary/aromatic N) is 1. The van der Waals surface area contributed by atoms with Crippen LogP contribution in [0.2, 0.25) is 0 Å². The van der Waals surface area contributed by atoms with E-state index in [9.17, 15) is 4.79 Å². The molecule has 1 saturated heterocycles. The molecule has 116 valence electrons. The lowest BCUT2D eigenvalue weighted by Gasteiger charge is -2.30. The molecule has 1 aliphatic heterocycles. The summed E-state index contributed by atoms with van der Waals surface area (Å²) in [5, 5.41) is 3.49. The van der Waals surface area contributed by atoms with E-state index in [0.717, 1.165) is 32.1 Å². The number of amides is 1. The van der Waals surface area contributed by atoms with Crippen molar-refractivity contribution in [3.05, 3.63) is 35.4 Å². The Morgan fingerprint density at radius 1 is 1.38 bits per heavy atom. The van der Waals surface area contributed by atoms with E-state index in [1.165, 1.54) is 31.4 Å². The maximum Gasteiger partial charge on any atom is 0.248 e. The number of benzene rings is 1. The molecule has 1 unspecified atom stereocenters. The second-order valence-electron chi connectivity index (χ2n) is 6.01. The zero-order chi connectivity index (χ0) is 15.1. The van der Waals surface area contributed by atoms with Crippen LogP contribution in [-0.2, 0) is 6.54 Å². The van der Waals surface area contributed by atoms with E-state index < -0.39 is 0 Å². The molecule has 1 aromatic carbocycles. The fraction of sp³-hybridized carbons (Fsp3) is 0.588. The summed E-state index contributed by atoms with van der Waals surface area (Å²) < 4.78 is 0. The van der Waals surface area contributed by atoms with Gasteiger partial charge in [0.2, 0.25) is 5.91 Å². The van der Waals surface area contributed by atoms with Gasteiger partial charge < -0.3 is 11.1 Å². The van der Waals surface area contributed by atoms with Crippen molar-refractivity contribution >= 4 is 5.91 Å². The van der Waals surface area contributed by atoms with E-state index in [0.29, 0.717) is 5.56 Å². The molecule has 0 spiro atoms. The summed E-state index contributed by atoms with van der Waals surface area (Å²) in [4.78, 5) is 13.6. The van der Waals surface area contributed by atoms with Gasteiger partial charge in [0.05, 0.1) is 0 Å². The highest BCUT2D eigenvalue weighted by molar-refractivity contribution is 5.92. The summed E-state index contributed by atoms with van der Waals surface area (Å²) in [7, 11) is 0. The first-order valence-electron chi connectivity index (χ1n) is 8.01. The highest BCUT2D eigenvalue weighted by Gasteiger charge is 2.16. The van der Waals surface area contributed by atoms with E-state index in [2.05, 4.69) is 17.1 Å². The molecule has 0 aromatic heterocycles. The Kier molecular flexibility index (Phi) is 6.21. The van der Waals surface area contributed by atoms with Gasteiger partial charge in [0.15, 0.2) is 0 Å². The molecule has 1 amide bonds. The SMILES string of the molecule is CCCN(Cc1ccc(C(N)=O)cc1)CC1CCCNC1. The molecule has 1 atom stereocenters. The van der Waals surface area contributed by atoms with Crippen molar-refractivity contribution in [3.63, 3.8) is 0 Å². The van der Waals surface area contributed by atoms with Crippen LogP contribution < -0.4 is 11.1 Å². The second kappa shape index (κ2) is 8.15. The van der Waals surface area contributed by atoms with Crippen LogP contribution in [0.15, 0.2) is 24.3 Å². The minimum atomic E-state index is -0.361. The Balaban J connectivity index is 1.92. The molecule has 1 heterocycles. The van der Waals surface area contributed by atoms with Crippen LogP contribution in [0.4, 0.5) is 0 Å². The molecule has 21 heavy (non-hydrogen) atoms. The van der Waals surface area contributed by atoms with E-state index in [1.54, 1.807) is 0 Å². The third-order valence-corrected chi connectivity index (χ3v) is 4.10. The number of piperidine rings is 1. The molecule has 0 saturated carbocycles. The summed E-state index contributed by atoms with van der Waals surface area (Å²) in [6.07, 6.45) is 3.78. The van der Waals surface area contributed by atoms with Gasteiger partial charge in [0.25, 0.3) is 0 Å². The number of primary amides is 1. The van der Waals surface area contributed by atoms with Crippen molar-refractivity contribution in [1.29, 1.82) is 0 Å². The smallest absolute Gasteiger partial charge is 0.248 e. The maximum atomic E-state index is 11.1. The lowest BCUT2D eigenvalue weighted by atomic mass is 9.98. The Hall–Kier alpha value is -1.39. The first-order valence-corrected chi connectivity index (χ1v) is 8.01. The third kappa shape index (κ3) is 5.14. The fourth-order valence-corrected chi connectivity index (χ4v) is 3.03. The summed E-state index contributed by atoms with van der Waals surface area (Å²) in [6, 6.07) is 7.68. The number of nitrogens with two attached hydrogens (primary N) is 1. The lowest BCUT2D eigenvalue weighted by molar-refractivity contribution is 0.100. The average Bonchev–Trinajstić information content (AvgIpc) is 2.49. The highest BCUT2D eigenvalue weighted by Crippen LogP contribution is 2.15. The van der Waals surface area contributed by atoms with Gasteiger partial charge in [-0.2, -0.15) is 0 Å². The number of nitrogens with one attached hydrogen (secondary N) is 1. The van der Waals surface area contributed by atoms with Crippen LogP contribution >= 0.6 is 0 Å². The molecule has 1 aliphatic rings. The first-order chi connectivity index (χ1) is 10.2. The largest absolute Gasteiger partial charge is 0.366 e. The third-order valence-electron chi connectivity index (χ3n) is 4.10. The molecule has 4 nitrogen and oxygen atoms in total. The second-order valence-corrected chi connectivity index (χ2v) is 6.01. The van der Waals surface area contributed by atoms with Crippen molar-refractivity contribution in [2.45, 2.75) is 32.7 Å². The van der Waals surface area contributed by atoms with Crippen molar-refractivity contribution in [1.82, 2.24) is 10.2 Å². The average molecular weight is 289 g/mol. The Labute approximate surface area is 127 Å². The van der Waals surface area contributed by atoms with Gasteiger partial charge in [0.1, 0.15) is 0 Å². The predicted octanol–water partition coefficient (Wildman–Crippen LogP) is 2.00. The van der Waals surface area contributed by atoms with Crippen LogP contribution in [0.5, 0.6) is 0 Å². The molecule has 0 aliphatic carbocycles. The van der Waals surface area contributed by atoms with Gasteiger partial charge in [-0.25, -0.2) is 0 Å². The topological polar surface area (TPSA) is 58.4 Å². The van der Waals surface area contributed by atoms with Crippen LogP contribution in [0.3, 0.4) is 0 Å². The first kappa shape index (κ1) is 16.0. The van der Waals surface area contributed by atoms with E-state index in [4.69, 9.17) is 5.73 Å². The number of hydrogen-bond acceptors (Lipinski definition) is 3. The lowest BCUT2D eigenvalue weighted by Crippen LogP contribution is -2.38.